The van der Waals surface area contributed by atoms with Crippen LogP contribution in [0.1, 0.15) is 24.9 Å². The summed E-state index contributed by atoms with van der Waals surface area (Å²) in [6, 6.07) is 5.92. The second kappa shape index (κ2) is 5.60. The van der Waals surface area contributed by atoms with E-state index >= 15 is 0 Å². The second-order valence-corrected chi connectivity index (χ2v) is 5.02. The lowest BCUT2D eigenvalue weighted by Gasteiger charge is -2.12. The Kier molecular flexibility index (Phi) is 4.65. The SMILES string of the molecule is C=C(C)C[C@H](N)c1ccc(SC(F)(F)F)cc1. The maximum atomic E-state index is 12.1. The van der Waals surface area contributed by atoms with Gasteiger partial charge in [0.15, 0.2) is 0 Å². The maximum Gasteiger partial charge on any atom is 0.446 e. The molecule has 1 aromatic rings. The van der Waals surface area contributed by atoms with Gasteiger partial charge in [0.1, 0.15) is 0 Å². The van der Waals surface area contributed by atoms with Gasteiger partial charge in [0, 0.05) is 10.9 Å². The normalized spacial score (nSPS) is 13.5. The van der Waals surface area contributed by atoms with Crippen molar-refractivity contribution >= 4 is 11.8 Å². The predicted octanol–water partition coefficient (Wildman–Crippen LogP) is 4.26. The smallest absolute Gasteiger partial charge is 0.324 e. The van der Waals surface area contributed by atoms with E-state index in [2.05, 4.69) is 6.58 Å². The van der Waals surface area contributed by atoms with Crippen LogP contribution in [0.4, 0.5) is 13.2 Å². The minimum absolute atomic E-state index is 0.123. The molecule has 0 fully saturated rings. The lowest BCUT2D eigenvalue weighted by atomic mass is 10.0. The number of halogens is 3. The van der Waals surface area contributed by atoms with Crippen molar-refractivity contribution in [3.05, 3.63) is 42.0 Å². The third-order valence-electron chi connectivity index (χ3n) is 2.11. The van der Waals surface area contributed by atoms with Gasteiger partial charge in [-0.1, -0.05) is 17.7 Å². The van der Waals surface area contributed by atoms with Crippen molar-refractivity contribution in [2.45, 2.75) is 29.8 Å². The third kappa shape index (κ3) is 5.28. The quantitative estimate of drug-likeness (QED) is 0.647. The summed E-state index contributed by atoms with van der Waals surface area (Å²) in [5, 5.41) is 0. The summed E-state index contributed by atoms with van der Waals surface area (Å²) >= 11 is -0.123. The van der Waals surface area contributed by atoms with Gasteiger partial charge in [-0.15, -0.1) is 6.58 Å². The van der Waals surface area contributed by atoms with E-state index < -0.39 is 5.51 Å². The number of rotatable bonds is 4. The summed E-state index contributed by atoms with van der Waals surface area (Å²) < 4.78 is 36.3. The molecule has 0 aliphatic rings. The van der Waals surface area contributed by atoms with Gasteiger partial charge in [-0.25, -0.2) is 0 Å². The Morgan fingerprint density at radius 3 is 2.29 bits per heavy atom. The minimum atomic E-state index is -4.25. The summed E-state index contributed by atoms with van der Waals surface area (Å²) in [7, 11) is 0. The zero-order valence-electron chi connectivity index (χ0n) is 9.42. The van der Waals surface area contributed by atoms with Crippen molar-refractivity contribution in [3.8, 4) is 0 Å². The van der Waals surface area contributed by atoms with Crippen molar-refractivity contribution in [2.24, 2.45) is 5.73 Å². The molecule has 94 valence electrons. The van der Waals surface area contributed by atoms with Gasteiger partial charge in [-0.05, 0) is 42.8 Å². The topological polar surface area (TPSA) is 26.0 Å². The molecule has 0 saturated heterocycles. The van der Waals surface area contributed by atoms with Gasteiger partial charge in [0.05, 0.1) is 0 Å². The van der Waals surface area contributed by atoms with Crippen LogP contribution in [0.5, 0.6) is 0 Å². The van der Waals surface area contributed by atoms with E-state index in [1.54, 1.807) is 12.1 Å². The van der Waals surface area contributed by atoms with Crippen molar-refractivity contribution < 1.29 is 13.2 Å². The molecule has 1 rings (SSSR count). The fourth-order valence-corrected chi connectivity index (χ4v) is 1.95. The van der Waals surface area contributed by atoms with E-state index in [-0.39, 0.29) is 22.7 Å². The standard InChI is InChI=1S/C12H14F3NS/c1-8(2)7-11(16)9-3-5-10(6-4-9)17-12(13,14)15/h3-6,11H,1,7,16H2,2H3/t11-/m0/s1. The molecule has 17 heavy (non-hydrogen) atoms. The summed E-state index contributed by atoms with van der Waals surface area (Å²) in [4.78, 5) is 0.170. The molecule has 2 N–H and O–H groups in total. The number of nitrogens with two attached hydrogens (primary N) is 1. The Morgan fingerprint density at radius 2 is 1.88 bits per heavy atom. The third-order valence-corrected chi connectivity index (χ3v) is 2.85. The Labute approximate surface area is 103 Å². The van der Waals surface area contributed by atoms with E-state index in [0.717, 1.165) is 11.1 Å². The van der Waals surface area contributed by atoms with E-state index in [9.17, 15) is 13.2 Å². The van der Waals surface area contributed by atoms with Crippen molar-refractivity contribution in [2.75, 3.05) is 0 Å². The molecular weight excluding hydrogens is 247 g/mol. The van der Waals surface area contributed by atoms with E-state index in [1.807, 2.05) is 6.92 Å². The van der Waals surface area contributed by atoms with Crippen LogP contribution < -0.4 is 5.73 Å². The molecule has 0 unspecified atom stereocenters. The molecule has 0 aliphatic carbocycles. The fraction of sp³-hybridized carbons (Fsp3) is 0.333. The summed E-state index contributed by atoms with van der Waals surface area (Å²) in [6.07, 6.45) is 0.631. The minimum Gasteiger partial charge on any atom is -0.324 e. The van der Waals surface area contributed by atoms with Crippen molar-refractivity contribution in [1.82, 2.24) is 0 Å². The Bertz CT molecular complexity index is 384. The van der Waals surface area contributed by atoms with Gasteiger partial charge in [0.2, 0.25) is 0 Å². The predicted molar refractivity (Wildman–Crippen MR) is 64.7 cm³/mol. The van der Waals surface area contributed by atoms with Crippen LogP contribution in [0.2, 0.25) is 0 Å². The molecule has 1 aromatic carbocycles. The fourth-order valence-electron chi connectivity index (χ4n) is 1.41. The summed E-state index contributed by atoms with van der Waals surface area (Å²) in [6.45, 7) is 5.62. The lowest BCUT2D eigenvalue weighted by Crippen LogP contribution is -2.10. The number of benzene rings is 1. The molecule has 0 saturated carbocycles. The van der Waals surface area contributed by atoms with E-state index in [4.69, 9.17) is 5.73 Å². The van der Waals surface area contributed by atoms with Gasteiger partial charge in [-0.2, -0.15) is 13.2 Å². The van der Waals surface area contributed by atoms with Crippen LogP contribution in [0.3, 0.4) is 0 Å². The number of hydrogen-bond acceptors (Lipinski definition) is 2. The first-order chi connectivity index (χ1) is 7.78. The highest BCUT2D eigenvalue weighted by molar-refractivity contribution is 8.00. The number of hydrogen-bond donors (Lipinski definition) is 1. The average Bonchev–Trinajstić information content (AvgIpc) is 2.15. The van der Waals surface area contributed by atoms with Crippen molar-refractivity contribution in [1.29, 1.82) is 0 Å². The van der Waals surface area contributed by atoms with Crippen LogP contribution in [0.25, 0.3) is 0 Å². The van der Waals surface area contributed by atoms with Crippen LogP contribution in [0, 0.1) is 0 Å². The van der Waals surface area contributed by atoms with E-state index in [0.29, 0.717) is 6.42 Å². The van der Waals surface area contributed by atoms with Crippen LogP contribution >= 0.6 is 11.8 Å². The van der Waals surface area contributed by atoms with Gasteiger partial charge in [-0.3, -0.25) is 0 Å². The molecule has 0 aliphatic heterocycles. The van der Waals surface area contributed by atoms with E-state index in [1.165, 1.54) is 12.1 Å². The van der Waals surface area contributed by atoms with Gasteiger partial charge in [0.25, 0.3) is 0 Å². The van der Waals surface area contributed by atoms with Crippen LogP contribution in [-0.2, 0) is 0 Å². The zero-order valence-corrected chi connectivity index (χ0v) is 10.2. The second-order valence-electron chi connectivity index (χ2n) is 3.88. The molecule has 0 heterocycles. The highest BCUT2D eigenvalue weighted by Gasteiger charge is 2.29. The molecule has 0 radical (unpaired) electrons. The maximum absolute atomic E-state index is 12.1. The Hall–Kier alpha value is -0.940. The molecular formula is C12H14F3NS. The molecule has 0 amide bonds. The molecule has 0 aromatic heterocycles. The highest BCUT2D eigenvalue weighted by atomic mass is 32.2. The first-order valence-electron chi connectivity index (χ1n) is 5.03. The number of thioether (sulfide) groups is 1. The molecule has 0 bridgehead atoms. The van der Waals surface area contributed by atoms with Crippen molar-refractivity contribution in [3.63, 3.8) is 0 Å². The largest absolute Gasteiger partial charge is 0.446 e. The Balaban J connectivity index is 2.71. The zero-order chi connectivity index (χ0) is 13.1. The number of alkyl halides is 3. The lowest BCUT2D eigenvalue weighted by molar-refractivity contribution is -0.0328. The summed E-state index contributed by atoms with van der Waals surface area (Å²) in [5.74, 6) is 0. The molecule has 1 nitrogen and oxygen atoms in total. The van der Waals surface area contributed by atoms with Crippen LogP contribution in [0.15, 0.2) is 41.3 Å². The first kappa shape index (κ1) is 14.1. The Morgan fingerprint density at radius 1 is 1.35 bits per heavy atom. The molecule has 1 atom stereocenters. The monoisotopic (exact) mass is 261 g/mol. The highest BCUT2D eigenvalue weighted by Crippen LogP contribution is 2.37. The first-order valence-corrected chi connectivity index (χ1v) is 5.85. The van der Waals surface area contributed by atoms with Crippen LogP contribution in [-0.4, -0.2) is 5.51 Å². The molecule has 5 heteroatoms. The molecule has 0 spiro atoms. The summed E-state index contributed by atoms with van der Waals surface area (Å²) in [5.41, 5.74) is 3.40. The van der Waals surface area contributed by atoms with Gasteiger partial charge >= 0.3 is 5.51 Å². The average molecular weight is 261 g/mol. The van der Waals surface area contributed by atoms with Gasteiger partial charge < -0.3 is 5.73 Å².